The van der Waals surface area contributed by atoms with Gasteiger partial charge in [-0.2, -0.15) is 0 Å². The normalized spacial score (nSPS) is 10.8. The molecule has 0 bridgehead atoms. The predicted octanol–water partition coefficient (Wildman–Crippen LogP) is 4.22. The Kier molecular flexibility index (Phi) is 4.06. The van der Waals surface area contributed by atoms with Crippen molar-refractivity contribution in [2.45, 2.75) is 4.90 Å². The van der Waals surface area contributed by atoms with E-state index in [-0.39, 0.29) is 11.6 Å². The van der Waals surface area contributed by atoms with Gasteiger partial charge in [-0.25, -0.2) is 9.37 Å². The number of aliphatic carboxylic acids is 1. The Morgan fingerprint density at radius 2 is 1.91 bits per heavy atom. The van der Waals surface area contributed by atoms with Crippen LogP contribution in [0, 0.1) is 5.82 Å². The van der Waals surface area contributed by atoms with Crippen LogP contribution in [0.2, 0.25) is 0 Å². The van der Waals surface area contributed by atoms with Crippen LogP contribution in [0.3, 0.4) is 0 Å². The van der Waals surface area contributed by atoms with Crippen molar-refractivity contribution in [3.05, 3.63) is 60.4 Å². The molecule has 0 aliphatic rings. The van der Waals surface area contributed by atoms with Crippen molar-refractivity contribution < 1.29 is 14.3 Å². The molecule has 0 amide bonds. The molecule has 2 aromatic carbocycles. The van der Waals surface area contributed by atoms with Crippen molar-refractivity contribution in [3.63, 3.8) is 0 Å². The zero-order valence-electron chi connectivity index (χ0n) is 11.5. The van der Waals surface area contributed by atoms with Gasteiger partial charge in [0.05, 0.1) is 17.0 Å². The van der Waals surface area contributed by atoms with E-state index in [1.165, 1.54) is 23.9 Å². The van der Waals surface area contributed by atoms with Crippen LogP contribution in [0.1, 0.15) is 0 Å². The van der Waals surface area contributed by atoms with Crippen LogP contribution in [-0.4, -0.2) is 21.8 Å². The lowest BCUT2D eigenvalue weighted by molar-refractivity contribution is -0.133. The van der Waals surface area contributed by atoms with Crippen LogP contribution in [0.25, 0.3) is 22.2 Å². The highest BCUT2D eigenvalue weighted by atomic mass is 32.2. The number of fused-ring (bicyclic) bond motifs is 1. The molecule has 0 aliphatic carbocycles. The third-order valence-electron chi connectivity index (χ3n) is 3.15. The van der Waals surface area contributed by atoms with Gasteiger partial charge in [0.15, 0.2) is 0 Å². The Morgan fingerprint density at radius 1 is 1.14 bits per heavy atom. The van der Waals surface area contributed by atoms with Gasteiger partial charge >= 0.3 is 5.97 Å². The summed E-state index contributed by atoms with van der Waals surface area (Å²) in [5.74, 6) is -1.35. The molecule has 3 nitrogen and oxygen atoms in total. The van der Waals surface area contributed by atoms with E-state index >= 15 is 0 Å². The first-order chi connectivity index (χ1) is 10.6. The van der Waals surface area contributed by atoms with Gasteiger partial charge in [0.1, 0.15) is 5.82 Å². The molecule has 0 saturated heterocycles. The minimum Gasteiger partial charge on any atom is -0.481 e. The molecule has 1 heterocycles. The molecule has 3 aromatic rings. The van der Waals surface area contributed by atoms with Crippen molar-refractivity contribution in [1.29, 1.82) is 0 Å². The first kappa shape index (κ1) is 14.5. The van der Waals surface area contributed by atoms with Crippen molar-refractivity contribution in [1.82, 2.24) is 4.98 Å². The molecule has 0 radical (unpaired) electrons. The van der Waals surface area contributed by atoms with E-state index < -0.39 is 5.97 Å². The maximum atomic E-state index is 13.5. The third kappa shape index (κ3) is 3.09. The van der Waals surface area contributed by atoms with E-state index in [0.717, 1.165) is 11.3 Å². The summed E-state index contributed by atoms with van der Waals surface area (Å²) in [4.78, 5) is 16.1. The van der Waals surface area contributed by atoms with Gasteiger partial charge in [-0.15, -0.1) is 11.8 Å². The van der Waals surface area contributed by atoms with Gasteiger partial charge < -0.3 is 5.11 Å². The summed E-state index contributed by atoms with van der Waals surface area (Å²) in [5.41, 5.74) is 2.33. The molecule has 5 heteroatoms. The van der Waals surface area contributed by atoms with Gasteiger partial charge in [0, 0.05) is 15.8 Å². The number of carbonyl (C=O) groups is 1. The predicted molar refractivity (Wildman–Crippen MR) is 85.5 cm³/mol. The molecule has 0 unspecified atom stereocenters. The third-order valence-corrected chi connectivity index (χ3v) is 4.19. The first-order valence-corrected chi connectivity index (χ1v) is 7.62. The van der Waals surface area contributed by atoms with Crippen LogP contribution in [-0.2, 0) is 4.79 Å². The minimum atomic E-state index is -0.910. The molecular formula is C17H12FNO2S. The van der Waals surface area contributed by atoms with E-state index in [0.29, 0.717) is 15.8 Å². The highest BCUT2D eigenvalue weighted by Crippen LogP contribution is 2.31. The van der Waals surface area contributed by atoms with Crippen LogP contribution in [0.5, 0.6) is 0 Å². The second-order valence-corrected chi connectivity index (χ2v) is 5.73. The van der Waals surface area contributed by atoms with Crippen LogP contribution in [0.4, 0.5) is 4.39 Å². The number of aromatic nitrogens is 1. The fourth-order valence-electron chi connectivity index (χ4n) is 2.18. The van der Waals surface area contributed by atoms with Gasteiger partial charge in [0.25, 0.3) is 0 Å². The molecule has 0 saturated carbocycles. The Labute approximate surface area is 130 Å². The van der Waals surface area contributed by atoms with E-state index in [1.807, 2.05) is 36.4 Å². The monoisotopic (exact) mass is 313 g/mol. The zero-order valence-corrected chi connectivity index (χ0v) is 12.3. The maximum absolute atomic E-state index is 13.5. The lowest BCUT2D eigenvalue weighted by atomic mass is 10.1. The lowest BCUT2D eigenvalue weighted by Crippen LogP contribution is -1.98. The number of benzene rings is 2. The summed E-state index contributed by atoms with van der Waals surface area (Å²) < 4.78 is 13.5. The molecule has 1 aromatic heterocycles. The first-order valence-electron chi connectivity index (χ1n) is 6.64. The standard InChI is InChI=1S/C17H12FNO2S/c18-12-6-7-14-13(8-12)16(22-10-17(20)21)9-15(19-14)11-4-2-1-3-5-11/h1-9H,10H2,(H,20,21). The summed E-state index contributed by atoms with van der Waals surface area (Å²) in [6, 6.07) is 15.8. The molecule has 0 atom stereocenters. The largest absolute Gasteiger partial charge is 0.481 e. The van der Waals surface area contributed by atoms with Crippen LogP contribution >= 0.6 is 11.8 Å². The molecule has 0 aliphatic heterocycles. The number of pyridine rings is 1. The summed E-state index contributed by atoms with van der Waals surface area (Å²) >= 11 is 1.17. The highest BCUT2D eigenvalue weighted by molar-refractivity contribution is 8.00. The van der Waals surface area contributed by atoms with E-state index in [2.05, 4.69) is 4.98 Å². The van der Waals surface area contributed by atoms with Gasteiger partial charge in [-0.3, -0.25) is 4.79 Å². The Morgan fingerprint density at radius 3 is 2.64 bits per heavy atom. The van der Waals surface area contributed by atoms with Crippen molar-refractivity contribution in [3.8, 4) is 11.3 Å². The van der Waals surface area contributed by atoms with E-state index in [9.17, 15) is 9.18 Å². The molecule has 3 rings (SSSR count). The average molecular weight is 313 g/mol. The molecular weight excluding hydrogens is 301 g/mol. The molecule has 0 spiro atoms. The molecule has 1 N–H and O–H groups in total. The van der Waals surface area contributed by atoms with Gasteiger partial charge in [-0.1, -0.05) is 30.3 Å². The number of thioether (sulfide) groups is 1. The topological polar surface area (TPSA) is 50.2 Å². The Bertz CT molecular complexity index is 837. The summed E-state index contributed by atoms with van der Waals surface area (Å²) in [6.07, 6.45) is 0. The number of hydrogen-bond donors (Lipinski definition) is 1. The number of halogens is 1. The number of carboxylic acids is 1. The maximum Gasteiger partial charge on any atom is 0.313 e. The fourth-order valence-corrected chi connectivity index (χ4v) is 2.98. The van der Waals surface area contributed by atoms with E-state index in [1.54, 1.807) is 6.07 Å². The van der Waals surface area contributed by atoms with E-state index in [4.69, 9.17) is 5.11 Å². The minimum absolute atomic E-state index is 0.0795. The van der Waals surface area contributed by atoms with Crippen molar-refractivity contribution >= 4 is 28.6 Å². The van der Waals surface area contributed by atoms with Gasteiger partial charge in [-0.05, 0) is 24.3 Å². The zero-order chi connectivity index (χ0) is 15.5. The summed E-state index contributed by atoms with van der Waals surface area (Å²) in [7, 11) is 0. The second-order valence-electron chi connectivity index (χ2n) is 4.72. The second kappa shape index (κ2) is 6.15. The molecule has 22 heavy (non-hydrogen) atoms. The van der Waals surface area contributed by atoms with Gasteiger partial charge in [0.2, 0.25) is 0 Å². The SMILES string of the molecule is O=C(O)CSc1cc(-c2ccccc2)nc2ccc(F)cc12. The lowest BCUT2D eigenvalue weighted by Gasteiger charge is -2.09. The molecule has 110 valence electrons. The van der Waals surface area contributed by atoms with Crippen molar-refractivity contribution in [2.75, 3.05) is 5.75 Å². The molecule has 0 fully saturated rings. The summed E-state index contributed by atoms with van der Waals surface area (Å²) in [5, 5.41) is 9.51. The number of hydrogen-bond acceptors (Lipinski definition) is 3. The summed E-state index contributed by atoms with van der Waals surface area (Å²) in [6.45, 7) is 0. The quantitative estimate of drug-likeness (QED) is 0.733. The number of nitrogens with zero attached hydrogens (tertiary/aromatic N) is 1. The van der Waals surface area contributed by atoms with Crippen molar-refractivity contribution in [2.24, 2.45) is 0 Å². The smallest absolute Gasteiger partial charge is 0.313 e. The number of carboxylic acid groups (broad SMARTS) is 1. The Hall–Kier alpha value is -2.40. The number of rotatable bonds is 4. The van der Waals surface area contributed by atoms with Crippen LogP contribution < -0.4 is 0 Å². The highest BCUT2D eigenvalue weighted by Gasteiger charge is 2.10. The average Bonchev–Trinajstić information content (AvgIpc) is 2.53. The fraction of sp³-hybridized carbons (Fsp3) is 0.0588. The Balaban J connectivity index is 2.15. The van der Waals surface area contributed by atoms with Crippen LogP contribution in [0.15, 0.2) is 59.5 Å².